The van der Waals surface area contributed by atoms with E-state index in [0.29, 0.717) is 0 Å². The predicted octanol–water partition coefficient (Wildman–Crippen LogP) is 13.7. The summed E-state index contributed by atoms with van der Waals surface area (Å²) in [6.07, 6.45) is 10.3. The molecule has 2 heteroatoms. The first-order chi connectivity index (χ1) is 25.6. The molecule has 0 unspecified atom stereocenters. The van der Waals surface area contributed by atoms with Crippen LogP contribution in [0.25, 0.3) is 72.7 Å². The molecule has 0 saturated carbocycles. The van der Waals surface area contributed by atoms with Crippen LogP contribution < -0.4 is 4.90 Å². The van der Waals surface area contributed by atoms with E-state index in [-0.39, 0.29) is 0 Å². The number of aromatic nitrogens is 1. The van der Waals surface area contributed by atoms with Crippen molar-refractivity contribution < 1.29 is 0 Å². The maximum atomic E-state index is 4.54. The van der Waals surface area contributed by atoms with Gasteiger partial charge in [0.25, 0.3) is 0 Å². The lowest BCUT2D eigenvalue weighted by Crippen LogP contribution is -2.12. The van der Waals surface area contributed by atoms with Crippen molar-refractivity contribution >= 4 is 67.3 Å². The molecule has 9 rings (SSSR count). The summed E-state index contributed by atoms with van der Waals surface area (Å²) in [5.74, 6) is 0. The highest BCUT2D eigenvalue weighted by Crippen LogP contribution is 2.39. The second kappa shape index (κ2) is 12.8. The lowest BCUT2D eigenvalue weighted by Gasteiger charge is -2.26. The van der Waals surface area contributed by atoms with Gasteiger partial charge in [-0.1, -0.05) is 129 Å². The fraction of sp³-hybridized carbons (Fsp3) is 0. The van der Waals surface area contributed by atoms with Crippen LogP contribution in [0.5, 0.6) is 0 Å². The summed E-state index contributed by atoms with van der Waals surface area (Å²) in [4.78, 5) is 2.23. The predicted molar refractivity (Wildman–Crippen MR) is 225 cm³/mol. The largest absolute Gasteiger partial charge is 0.317 e. The molecule has 7 aromatic carbocycles. The minimum atomic E-state index is 0.958. The molecule has 0 bridgehead atoms. The van der Waals surface area contributed by atoms with E-state index in [4.69, 9.17) is 0 Å². The van der Waals surface area contributed by atoms with Gasteiger partial charge in [-0.25, -0.2) is 0 Å². The van der Waals surface area contributed by atoms with Crippen molar-refractivity contribution in [3.63, 3.8) is 0 Å². The Morgan fingerprint density at radius 1 is 0.500 bits per heavy atom. The molecule has 1 aromatic heterocycles. The summed E-state index contributed by atoms with van der Waals surface area (Å²) in [7, 11) is 0. The second-order valence-corrected chi connectivity index (χ2v) is 13.2. The normalized spacial score (nSPS) is 14.4. The summed E-state index contributed by atoms with van der Waals surface area (Å²) >= 11 is 0. The maximum Gasteiger partial charge on any atom is 0.0541 e. The van der Waals surface area contributed by atoms with E-state index in [2.05, 4.69) is 199 Å². The van der Waals surface area contributed by atoms with E-state index in [1.165, 1.54) is 38.1 Å². The van der Waals surface area contributed by atoms with Gasteiger partial charge < -0.3 is 9.47 Å². The average Bonchev–Trinajstić information content (AvgIpc) is 3.53. The van der Waals surface area contributed by atoms with Crippen LogP contribution in [-0.4, -0.2) is 4.57 Å². The number of rotatable bonds is 6. The first kappa shape index (κ1) is 31.1. The van der Waals surface area contributed by atoms with Crippen molar-refractivity contribution in [2.24, 2.45) is 0 Å². The van der Waals surface area contributed by atoms with E-state index in [1.807, 2.05) is 12.2 Å². The van der Waals surface area contributed by atoms with Gasteiger partial charge in [0.05, 0.1) is 16.7 Å². The Morgan fingerprint density at radius 3 is 2.12 bits per heavy atom. The summed E-state index contributed by atoms with van der Waals surface area (Å²) in [6.45, 7) is 12.6. The van der Waals surface area contributed by atoms with Crippen molar-refractivity contribution in [1.82, 2.24) is 4.57 Å². The lowest BCUT2D eigenvalue weighted by atomic mass is 9.94. The van der Waals surface area contributed by atoms with Crippen LogP contribution in [0.2, 0.25) is 0 Å². The quantitative estimate of drug-likeness (QED) is 0.172. The number of nitrogens with zero attached hydrogens (tertiary/aromatic N) is 2. The molecular formula is C50H36N2. The van der Waals surface area contributed by atoms with Crippen LogP contribution in [0.4, 0.5) is 11.4 Å². The van der Waals surface area contributed by atoms with Gasteiger partial charge in [-0.2, -0.15) is 0 Å². The van der Waals surface area contributed by atoms with Crippen LogP contribution in [0.1, 0.15) is 22.3 Å². The fourth-order valence-corrected chi connectivity index (χ4v) is 7.61. The summed E-state index contributed by atoms with van der Waals surface area (Å²) in [6, 6.07) is 54.5. The molecule has 1 aliphatic heterocycles. The highest BCUT2D eigenvalue weighted by molar-refractivity contribution is 6.10. The Kier molecular flexibility index (Phi) is 7.64. The Labute approximate surface area is 304 Å². The smallest absolute Gasteiger partial charge is 0.0541 e. The van der Waals surface area contributed by atoms with Gasteiger partial charge in [0.2, 0.25) is 0 Å². The zero-order chi connectivity index (χ0) is 35.2. The third-order valence-electron chi connectivity index (χ3n) is 10.2. The van der Waals surface area contributed by atoms with E-state index >= 15 is 0 Å². The number of hydrogen-bond donors (Lipinski definition) is 0. The van der Waals surface area contributed by atoms with Crippen LogP contribution in [0, 0.1) is 0 Å². The molecule has 52 heavy (non-hydrogen) atoms. The molecule has 2 heterocycles. The van der Waals surface area contributed by atoms with Gasteiger partial charge in [-0.05, 0) is 116 Å². The van der Waals surface area contributed by atoms with Crippen LogP contribution in [0.3, 0.4) is 0 Å². The summed E-state index contributed by atoms with van der Waals surface area (Å²) in [5, 5.41) is 4.95. The van der Waals surface area contributed by atoms with Crippen molar-refractivity contribution in [1.29, 1.82) is 0 Å². The van der Waals surface area contributed by atoms with Gasteiger partial charge in [0, 0.05) is 33.9 Å². The van der Waals surface area contributed by atoms with Crippen LogP contribution in [0.15, 0.2) is 190 Å². The summed E-state index contributed by atoms with van der Waals surface area (Å²) in [5.41, 5.74) is 14.4. The summed E-state index contributed by atoms with van der Waals surface area (Å²) < 4.78 is 2.39. The molecule has 2 nitrogen and oxygen atoms in total. The Morgan fingerprint density at radius 2 is 1.23 bits per heavy atom. The zero-order valence-electron chi connectivity index (χ0n) is 28.8. The molecule has 0 radical (unpaired) electrons. The van der Waals surface area contributed by atoms with E-state index < -0.39 is 0 Å². The minimum absolute atomic E-state index is 0.958. The Balaban J connectivity index is 1.13. The molecule has 0 atom stereocenters. The van der Waals surface area contributed by atoms with E-state index in [0.717, 1.165) is 56.0 Å². The van der Waals surface area contributed by atoms with E-state index in [1.54, 1.807) is 0 Å². The third-order valence-corrected chi connectivity index (χ3v) is 10.2. The molecule has 0 amide bonds. The molecule has 0 N–H and O–H groups in total. The highest BCUT2D eigenvalue weighted by atomic mass is 15.1. The number of allylic oxidation sites excluding steroid dienone is 4. The topological polar surface area (TPSA) is 8.17 Å². The number of hydrogen-bond acceptors (Lipinski definition) is 1. The number of para-hydroxylation sites is 2. The number of fused-ring (bicyclic) bond motifs is 5. The van der Waals surface area contributed by atoms with Crippen molar-refractivity contribution in [3.05, 3.63) is 212 Å². The molecule has 0 spiro atoms. The van der Waals surface area contributed by atoms with Gasteiger partial charge in [0.1, 0.15) is 0 Å². The van der Waals surface area contributed by atoms with Gasteiger partial charge in [-0.3, -0.25) is 0 Å². The van der Waals surface area contributed by atoms with Gasteiger partial charge in [-0.15, -0.1) is 0 Å². The molecule has 0 aliphatic carbocycles. The molecular weight excluding hydrogens is 629 g/mol. The Bertz CT molecular complexity index is 2800. The van der Waals surface area contributed by atoms with Crippen molar-refractivity contribution in [3.8, 4) is 16.8 Å². The molecule has 0 fully saturated rings. The lowest BCUT2D eigenvalue weighted by molar-refractivity contribution is 1.19. The van der Waals surface area contributed by atoms with Gasteiger partial charge >= 0.3 is 0 Å². The van der Waals surface area contributed by atoms with Crippen LogP contribution in [-0.2, 0) is 0 Å². The van der Waals surface area contributed by atoms with Crippen molar-refractivity contribution in [2.45, 2.75) is 0 Å². The fourth-order valence-electron chi connectivity index (χ4n) is 7.61. The molecule has 0 saturated heterocycles. The highest BCUT2D eigenvalue weighted by Gasteiger charge is 2.18. The number of benzene rings is 7. The van der Waals surface area contributed by atoms with E-state index in [9.17, 15) is 0 Å². The first-order valence-corrected chi connectivity index (χ1v) is 17.6. The second-order valence-electron chi connectivity index (χ2n) is 13.2. The standard InChI is InChI=1S/C50H36N2/c1-4-35-21-24-43(31-36(35)5-2)51-28-27-42(29-34(3)45-17-8-10-19-48(45)51)39-16-12-15-38(30-39)41-23-26-50-47(33-41)46-18-9-11-20-49(46)52(50)44-25-22-37-13-6-7-14-40(37)32-44/h4-33H,1-3H2/b28-27-,42-29+. The van der Waals surface area contributed by atoms with Crippen LogP contribution >= 0.6 is 0 Å². The minimum Gasteiger partial charge on any atom is -0.317 e. The van der Waals surface area contributed by atoms with Gasteiger partial charge in [0.15, 0.2) is 0 Å². The maximum absolute atomic E-state index is 4.54. The SMILES string of the molecule is C=Cc1ccc(N2/C=C\C(c3cccc(-c4ccc5c(c4)c4ccccc4n5-c4ccc5ccccc5c4)c3)=C/C(=C)c3ccccc32)cc1C=C. The third kappa shape index (κ3) is 5.30. The monoisotopic (exact) mass is 664 g/mol. The van der Waals surface area contributed by atoms with Crippen molar-refractivity contribution in [2.75, 3.05) is 4.90 Å². The molecule has 1 aliphatic rings. The Hall–Kier alpha value is -6.90. The zero-order valence-corrected chi connectivity index (χ0v) is 28.8. The first-order valence-electron chi connectivity index (χ1n) is 17.6. The molecule has 8 aromatic rings. The number of anilines is 2. The average molecular weight is 665 g/mol. The molecule has 246 valence electrons.